The molecule has 10 rings (SSSR count). The Balaban J connectivity index is 0.000000154. The summed E-state index contributed by atoms with van der Waals surface area (Å²) in [6.07, 6.45) is 4.67. The Kier molecular flexibility index (Phi) is 10.4. The number of halogens is 3. The minimum absolute atomic E-state index is 0.0540. The third-order valence-corrected chi connectivity index (χ3v) is 11.7. The van der Waals surface area contributed by atoms with Crippen LogP contribution in [0.15, 0.2) is 122 Å². The van der Waals surface area contributed by atoms with E-state index in [9.17, 15) is 22.8 Å². The zero-order valence-electron chi connectivity index (χ0n) is 32.8. The maximum Gasteiger partial charge on any atom is 0.471 e. The van der Waals surface area contributed by atoms with Crippen LogP contribution in [0.25, 0.3) is 66.1 Å². The third-order valence-electron chi connectivity index (χ3n) is 11.7. The number of nitrogens with zero attached hydrogens (tertiary/aromatic N) is 8. The van der Waals surface area contributed by atoms with Gasteiger partial charge in [-0.05, 0) is 82.6 Å². The highest BCUT2D eigenvalue weighted by Crippen LogP contribution is 2.35. The number of piperidine rings is 2. The number of hydrogen-bond acceptors (Lipinski definition) is 7. The summed E-state index contributed by atoms with van der Waals surface area (Å²) in [7, 11) is 1.43. The Morgan fingerprint density at radius 1 is 0.583 bits per heavy atom. The van der Waals surface area contributed by atoms with Crippen LogP contribution in [0.5, 0.6) is 0 Å². The molecule has 60 heavy (non-hydrogen) atoms. The quantitative estimate of drug-likeness (QED) is 0.174. The lowest BCUT2D eigenvalue weighted by Gasteiger charge is -2.33. The van der Waals surface area contributed by atoms with E-state index in [2.05, 4.69) is 92.3 Å². The van der Waals surface area contributed by atoms with Gasteiger partial charge in [0, 0.05) is 61.8 Å². The summed E-state index contributed by atoms with van der Waals surface area (Å²) < 4.78 is 47.0. The normalized spacial score (nSPS) is 15.4. The molecule has 0 spiro atoms. The molecule has 6 heterocycles. The first-order valence-electron chi connectivity index (χ1n) is 20.0. The van der Waals surface area contributed by atoms with Crippen LogP contribution in [-0.2, 0) is 9.53 Å². The number of carbonyl (C=O) groups excluding carboxylic acids is 2. The Hall–Kier alpha value is -6.83. The number of ether oxygens (including phenoxy) is 1. The Labute approximate surface area is 343 Å². The number of amides is 2. The van der Waals surface area contributed by atoms with Crippen LogP contribution in [0.3, 0.4) is 0 Å². The van der Waals surface area contributed by atoms with Gasteiger partial charge in [-0.15, -0.1) is 0 Å². The van der Waals surface area contributed by atoms with E-state index < -0.39 is 12.1 Å². The maximum absolute atomic E-state index is 12.7. The van der Waals surface area contributed by atoms with Crippen molar-refractivity contribution in [2.45, 2.75) is 43.9 Å². The lowest BCUT2D eigenvalue weighted by Crippen LogP contribution is -2.45. The van der Waals surface area contributed by atoms with Crippen molar-refractivity contribution in [1.29, 1.82) is 0 Å². The number of hydrogen-bond donors (Lipinski definition) is 0. The highest BCUT2D eigenvalue weighted by atomic mass is 19.4. The molecule has 0 atom stereocenters. The molecule has 0 bridgehead atoms. The SMILES string of the molecule is COC(=O)N1CCC(n2cnc3c(-c4ccc5ccccc5c4)ccnc32)CC1.O=C(N1CCC(n2cnc3c(-c4ccc5ccccc5c4)ccnc32)CC1)C(F)(F)F. The molecular weight excluding hydrogens is 770 g/mol. The number of carbonyl (C=O) groups is 2. The van der Waals surface area contributed by atoms with Gasteiger partial charge in [0.2, 0.25) is 0 Å². The molecule has 8 aromatic rings. The Bertz CT molecular complexity index is 2860. The zero-order chi connectivity index (χ0) is 41.4. The van der Waals surface area contributed by atoms with Crippen molar-refractivity contribution in [3.05, 3.63) is 122 Å². The van der Waals surface area contributed by atoms with Crippen LogP contribution in [0, 0.1) is 0 Å². The van der Waals surface area contributed by atoms with Gasteiger partial charge < -0.3 is 23.7 Å². The van der Waals surface area contributed by atoms with E-state index in [0.717, 1.165) is 67.4 Å². The topological polar surface area (TPSA) is 111 Å². The van der Waals surface area contributed by atoms with Gasteiger partial charge in [0.05, 0.1) is 19.8 Å². The number of methoxy groups -OCH3 is 1. The lowest BCUT2D eigenvalue weighted by molar-refractivity contribution is -0.186. The van der Waals surface area contributed by atoms with E-state index in [1.165, 1.54) is 17.9 Å². The third kappa shape index (κ3) is 7.49. The molecule has 2 saturated heterocycles. The molecule has 4 aromatic carbocycles. The number of rotatable bonds is 4. The van der Waals surface area contributed by atoms with Gasteiger partial charge in [-0.2, -0.15) is 13.2 Å². The fourth-order valence-corrected chi connectivity index (χ4v) is 8.56. The van der Waals surface area contributed by atoms with Gasteiger partial charge in [-0.25, -0.2) is 24.7 Å². The van der Waals surface area contributed by atoms with Crippen LogP contribution in [-0.4, -0.2) is 90.3 Å². The monoisotopic (exact) mass is 810 g/mol. The summed E-state index contributed by atoms with van der Waals surface area (Å²) in [5.41, 5.74) is 7.48. The number of alkyl halides is 3. The average Bonchev–Trinajstić information content (AvgIpc) is 3.94. The minimum atomic E-state index is -4.83. The van der Waals surface area contributed by atoms with E-state index in [-0.39, 0.29) is 31.3 Å². The number of aromatic nitrogens is 6. The van der Waals surface area contributed by atoms with Crippen molar-refractivity contribution >= 4 is 55.9 Å². The van der Waals surface area contributed by atoms with Gasteiger partial charge in [0.1, 0.15) is 11.0 Å². The number of imidazole rings is 2. The van der Waals surface area contributed by atoms with Gasteiger partial charge in [0.15, 0.2) is 11.3 Å². The zero-order valence-corrected chi connectivity index (χ0v) is 32.8. The summed E-state index contributed by atoms with van der Waals surface area (Å²) in [6, 6.07) is 33.4. The summed E-state index contributed by atoms with van der Waals surface area (Å²) >= 11 is 0. The first-order chi connectivity index (χ1) is 29.2. The molecule has 0 N–H and O–H groups in total. The molecule has 2 aliphatic heterocycles. The molecule has 11 nitrogen and oxygen atoms in total. The van der Waals surface area contributed by atoms with Crippen molar-refractivity contribution in [2.24, 2.45) is 0 Å². The van der Waals surface area contributed by atoms with Crippen molar-refractivity contribution in [1.82, 2.24) is 38.9 Å². The number of likely N-dealkylation sites (tertiary alicyclic amines) is 2. The molecule has 2 aliphatic rings. The molecule has 0 saturated carbocycles. The molecule has 2 amide bonds. The molecule has 2 fully saturated rings. The smallest absolute Gasteiger partial charge is 0.453 e. The summed E-state index contributed by atoms with van der Waals surface area (Å²) in [4.78, 5) is 44.3. The van der Waals surface area contributed by atoms with Crippen LogP contribution in [0.1, 0.15) is 37.8 Å². The minimum Gasteiger partial charge on any atom is -0.453 e. The van der Waals surface area contributed by atoms with Crippen LogP contribution < -0.4 is 0 Å². The largest absolute Gasteiger partial charge is 0.471 e. The maximum atomic E-state index is 12.7. The van der Waals surface area contributed by atoms with E-state index in [0.29, 0.717) is 31.6 Å². The first kappa shape index (κ1) is 38.7. The van der Waals surface area contributed by atoms with Gasteiger partial charge in [0.25, 0.3) is 0 Å². The second kappa shape index (κ2) is 16.1. The van der Waals surface area contributed by atoms with Crippen molar-refractivity contribution in [2.75, 3.05) is 33.3 Å². The Morgan fingerprint density at radius 2 is 1.02 bits per heavy atom. The number of benzene rings is 4. The van der Waals surface area contributed by atoms with Crippen LogP contribution in [0.4, 0.5) is 18.0 Å². The molecular formula is C46H41F3N8O3. The Morgan fingerprint density at radius 3 is 1.45 bits per heavy atom. The summed E-state index contributed by atoms with van der Waals surface area (Å²) in [5.74, 6) is -1.77. The second-order valence-corrected chi connectivity index (χ2v) is 15.2. The predicted molar refractivity (Wildman–Crippen MR) is 224 cm³/mol. The van der Waals surface area contributed by atoms with E-state index >= 15 is 0 Å². The lowest BCUT2D eigenvalue weighted by atomic mass is 10.0. The molecule has 0 unspecified atom stereocenters. The van der Waals surface area contributed by atoms with Crippen molar-refractivity contribution in [3.63, 3.8) is 0 Å². The molecule has 4 aromatic heterocycles. The summed E-state index contributed by atoms with van der Waals surface area (Å²) in [5, 5.41) is 4.72. The highest BCUT2D eigenvalue weighted by molar-refractivity contribution is 5.96. The molecule has 14 heteroatoms. The predicted octanol–water partition coefficient (Wildman–Crippen LogP) is 9.63. The van der Waals surface area contributed by atoms with Gasteiger partial charge >= 0.3 is 18.2 Å². The van der Waals surface area contributed by atoms with Crippen LogP contribution >= 0.6 is 0 Å². The second-order valence-electron chi connectivity index (χ2n) is 15.2. The first-order valence-corrected chi connectivity index (χ1v) is 20.0. The standard InChI is InChI=1S/C23H19F3N4O.C23H22N4O2/c24-23(25,26)22(31)29-11-8-18(9-12-29)30-14-28-20-19(7-10-27-21(20)30)17-6-5-15-3-1-2-4-16(15)13-17;1-29-23(28)26-12-9-19(10-13-26)27-15-25-21-20(8-11-24-22(21)27)18-7-6-16-4-2-3-5-17(16)14-18/h1-7,10,13-14,18H,8-9,11-12H2;2-8,11,14-15,19H,9-10,12-13H2,1H3. The van der Waals surface area contributed by atoms with Crippen molar-refractivity contribution in [3.8, 4) is 22.3 Å². The van der Waals surface area contributed by atoms with Gasteiger partial charge in [-0.3, -0.25) is 4.79 Å². The summed E-state index contributed by atoms with van der Waals surface area (Å²) in [6.45, 7) is 1.49. The van der Waals surface area contributed by atoms with Crippen molar-refractivity contribution < 1.29 is 27.5 Å². The fourth-order valence-electron chi connectivity index (χ4n) is 8.56. The average molecular weight is 811 g/mol. The molecule has 0 aliphatic carbocycles. The highest BCUT2D eigenvalue weighted by Gasteiger charge is 2.43. The number of fused-ring (bicyclic) bond motifs is 4. The van der Waals surface area contributed by atoms with Crippen LogP contribution in [0.2, 0.25) is 0 Å². The molecule has 0 radical (unpaired) electrons. The number of pyridine rings is 2. The van der Waals surface area contributed by atoms with E-state index in [1.54, 1.807) is 17.4 Å². The molecule has 304 valence electrons. The van der Waals surface area contributed by atoms with E-state index in [1.807, 2.05) is 41.4 Å². The van der Waals surface area contributed by atoms with E-state index in [4.69, 9.17) is 9.72 Å². The fraction of sp³-hybridized carbons (Fsp3) is 0.261. The van der Waals surface area contributed by atoms with Gasteiger partial charge in [-0.1, -0.05) is 72.8 Å².